The lowest BCUT2D eigenvalue weighted by Crippen LogP contribution is -2.64. The first-order valence-corrected chi connectivity index (χ1v) is 9.91. The Kier molecular flexibility index (Phi) is 3.24. The van der Waals surface area contributed by atoms with Crippen LogP contribution < -0.4 is 0 Å². The topological polar surface area (TPSA) is 40.5 Å². The number of hydrogen-bond donors (Lipinski definition) is 2. The van der Waals surface area contributed by atoms with Gasteiger partial charge in [0, 0.05) is 0 Å². The van der Waals surface area contributed by atoms with Gasteiger partial charge >= 0.3 is 0 Å². The molecule has 4 fully saturated rings. The first kappa shape index (κ1) is 16.4. The summed E-state index contributed by atoms with van der Waals surface area (Å²) in [5.41, 5.74) is 0.950. The van der Waals surface area contributed by atoms with Crippen molar-refractivity contribution in [2.45, 2.75) is 91.8 Å². The van der Waals surface area contributed by atoms with Crippen molar-refractivity contribution in [1.82, 2.24) is 0 Å². The lowest BCUT2D eigenvalue weighted by atomic mass is 9.38. The third-order valence-electron chi connectivity index (χ3n) is 9.65. The van der Waals surface area contributed by atoms with E-state index in [9.17, 15) is 10.2 Å². The summed E-state index contributed by atoms with van der Waals surface area (Å²) < 4.78 is 0. The Morgan fingerprint density at radius 1 is 0.826 bits per heavy atom. The molecular formula is C21H36O2. The summed E-state index contributed by atoms with van der Waals surface area (Å²) in [6.45, 7) is 11.9. The SMILES string of the molecule is CC1(C)CC[C@@]23C[C@@H]1C[C@@H]2CC[C@@H]1C(C)(C)[C@@H](O)[C@H](O)C[C@@]13C. The Morgan fingerprint density at radius 3 is 2.22 bits per heavy atom. The molecule has 2 heteroatoms. The van der Waals surface area contributed by atoms with E-state index in [1.807, 2.05) is 0 Å². The van der Waals surface area contributed by atoms with E-state index in [-0.39, 0.29) is 10.8 Å². The average Bonchev–Trinajstić information content (AvgIpc) is 2.80. The summed E-state index contributed by atoms with van der Waals surface area (Å²) in [5, 5.41) is 21.3. The van der Waals surface area contributed by atoms with Crippen molar-refractivity contribution in [3.05, 3.63) is 0 Å². The van der Waals surface area contributed by atoms with E-state index < -0.39 is 12.2 Å². The summed E-state index contributed by atoms with van der Waals surface area (Å²) in [4.78, 5) is 0. The number of hydrogen-bond acceptors (Lipinski definition) is 2. The van der Waals surface area contributed by atoms with E-state index in [2.05, 4.69) is 34.6 Å². The van der Waals surface area contributed by atoms with Gasteiger partial charge in [0.1, 0.15) is 0 Å². The van der Waals surface area contributed by atoms with Crippen LogP contribution in [0.5, 0.6) is 0 Å². The molecule has 0 aromatic carbocycles. The van der Waals surface area contributed by atoms with Crippen molar-refractivity contribution >= 4 is 0 Å². The standard InChI is InChI=1S/C21H36O2/c1-18(2)8-9-21-11-14(18)10-13(21)6-7-16-19(3,4)17(23)15(22)12-20(16,21)5/h13-17,22-23H,6-12H2,1-5H3/t13-,14-,15+,16+,17-,20-,21+/m0/s1. The molecule has 7 atom stereocenters. The molecule has 0 aromatic heterocycles. The van der Waals surface area contributed by atoms with E-state index >= 15 is 0 Å². The zero-order valence-electron chi connectivity index (χ0n) is 15.7. The van der Waals surface area contributed by atoms with Gasteiger partial charge in [-0.1, -0.05) is 34.6 Å². The molecule has 0 unspecified atom stereocenters. The van der Waals surface area contributed by atoms with Crippen molar-refractivity contribution in [3.8, 4) is 0 Å². The first-order chi connectivity index (χ1) is 10.5. The van der Waals surface area contributed by atoms with Gasteiger partial charge in [-0.25, -0.2) is 0 Å². The molecule has 132 valence electrons. The van der Waals surface area contributed by atoms with Crippen LogP contribution >= 0.6 is 0 Å². The van der Waals surface area contributed by atoms with E-state index in [0.29, 0.717) is 16.7 Å². The first-order valence-electron chi connectivity index (χ1n) is 9.91. The van der Waals surface area contributed by atoms with Crippen molar-refractivity contribution in [3.63, 3.8) is 0 Å². The molecule has 0 radical (unpaired) electrons. The average molecular weight is 321 g/mol. The van der Waals surface area contributed by atoms with Crippen molar-refractivity contribution in [2.75, 3.05) is 0 Å². The van der Waals surface area contributed by atoms with Gasteiger partial charge in [0.2, 0.25) is 0 Å². The predicted octanol–water partition coefficient (Wildman–Crippen LogP) is 4.39. The molecule has 23 heavy (non-hydrogen) atoms. The summed E-state index contributed by atoms with van der Waals surface area (Å²) >= 11 is 0. The highest BCUT2D eigenvalue weighted by Crippen LogP contribution is 2.76. The van der Waals surface area contributed by atoms with Gasteiger partial charge in [0.25, 0.3) is 0 Å². The molecule has 0 amide bonds. The Hall–Kier alpha value is -0.0800. The zero-order chi connectivity index (χ0) is 16.8. The smallest absolute Gasteiger partial charge is 0.0852 e. The van der Waals surface area contributed by atoms with E-state index in [0.717, 1.165) is 18.3 Å². The van der Waals surface area contributed by atoms with Crippen LogP contribution in [-0.2, 0) is 0 Å². The van der Waals surface area contributed by atoms with Crippen LogP contribution in [0.25, 0.3) is 0 Å². The molecule has 0 aromatic rings. The maximum absolute atomic E-state index is 10.7. The van der Waals surface area contributed by atoms with Crippen LogP contribution in [0.1, 0.15) is 79.6 Å². The minimum absolute atomic E-state index is 0.169. The molecule has 2 bridgehead atoms. The third-order valence-corrected chi connectivity index (χ3v) is 9.65. The number of rotatable bonds is 0. The van der Waals surface area contributed by atoms with Gasteiger partial charge in [-0.2, -0.15) is 0 Å². The summed E-state index contributed by atoms with van der Waals surface area (Å²) in [7, 11) is 0. The van der Waals surface area contributed by atoms with E-state index in [4.69, 9.17) is 0 Å². The minimum atomic E-state index is -0.564. The highest BCUT2D eigenvalue weighted by Gasteiger charge is 2.69. The molecule has 4 rings (SSSR count). The van der Waals surface area contributed by atoms with E-state index in [1.165, 1.54) is 38.5 Å². The largest absolute Gasteiger partial charge is 0.390 e. The summed E-state index contributed by atoms with van der Waals surface area (Å²) in [6, 6.07) is 0. The van der Waals surface area contributed by atoms with Gasteiger partial charge in [-0.05, 0) is 84.4 Å². The molecule has 0 heterocycles. The molecule has 2 N–H and O–H groups in total. The number of aliphatic hydroxyl groups is 2. The second-order valence-corrected chi connectivity index (χ2v) is 11.1. The highest BCUT2D eigenvalue weighted by atomic mass is 16.3. The number of fused-ring (bicyclic) bond motifs is 2. The molecule has 1 spiro atoms. The van der Waals surface area contributed by atoms with Crippen LogP contribution in [0.3, 0.4) is 0 Å². The fraction of sp³-hybridized carbons (Fsp3) is 1.00. The fourth-order valence-electron chi connectivity index (χ4n) is 8.11. The molecule has 2 nitrogen and oxygen atoms in total. The Labute approximate surface area is 142 Å². The second kappa shape index (κ2) is 4.55. The Bertz CT molecular complexity index is 510. The van der Waals surface area contributed by atoms with Crippen LogP contribution in [0, 0.1) is 39.4 Å². The third kappa shape index (κ3) is 1.83. The van der Waals surface area contributed by atoms with Crippen LogP contribution in [0.4, 0.5) is 0 Å². The van der Waals surface area contributed by atoms with Crippen LogP contribution in [0.2, 0.25) is 0 Å². The van der Waals surface area contributed by atoms with Gasteiger partial charge in [0.15, 0.2) is 0 Å². The van der Waals surface area contributed by atoms with Gasteiger partial charge in [0.05, 0.1) is 12.2 Å². The highest BCUT2D eigenvalue weighted by molar-refractivity contribution is 5.19. The molecule has 4 aliphatic carbocycles. The molecule has 4 saturated carbocycles. The maximum atomic E-state index is 10.7. The predicted molar refractivity (Wildman–Crippen MR) is 92.9 cm³/mol. The fourth-order valence-corrected chi connectivity index (χ4v) is 8.11. The lowest BCUT2D eigenvalue weighted by Gasteiger charge is -2.67. The summed E-state index contributed by atoms with van der Waals surface area (Å²) in [5.74, 6) is 2.27. The van der Waals surface area contributed by atoms with Gasteiger partial charge in [-0.15, -0.1) is 0 Å². The quantitative estimate of drug-likeness (QED) is 0.695. The van der Waals surface area contributed by atoms with Crippen LogP contribution in [0.15, 0.2) is 0 Å². The maximum Gasteiger partial charge on any atom is 0.0852 e. The van der Waals surface area contributed by atoms with Crippen LogP contribution in [-0.4, -0.2) is 22.4 Å². The van der Waals surface area contributed by atoms with Crippen molar-refractivity contribution in [2.24, 2.45) is 39.4 Å². The molecular weight excluding hydrogens is 284 g/mol. The monoisotopic (exact) mass is 320 g/mol. The lowest BCUT2D eigenvalue weighted by molar-refractivity contribution is -0.229. The second-order valence-electron chi connectivity index (χ2n) is 11.1. The Morgan fingerprint density at radius 2 is 1.52 bits per heavy atom. The molecule has 0 aliphatic heterocycles. The zero-order valence-corrected chi connectivity index (χ0v) is 15.7. The van der Waals surface area contributed by atoms with Crippen molar-refractivity contribution in [1.29, 1.82) is 0 Å². The molecule has 4 aliphatic rings. The van der Waals surface area contributed by atoms with E-state index in [1.54, 1.807) is 0 Å². The minimum Gasteiger partial charge on any atom is -0.390 e. The van der Waals surface area contributed by atoms with Gasteiger partial charge < -0.3 is 10.2 Å². The van der Waals surface area contributed by atoms with Gasteiger partial charge in [-0.3, -0.25) is 0 Å². The molecule has 0 saturated heterocycles. The normalized spacial score (nSPS) is 56.7. The summed E-state index contributed by atoms with van der Waals surface area (Å²) in [6.07, 6.45) is 7.75. The Balaban J connectivity index is 1.78. The number of aliphatic hydroxyl groups excluding tert-OH is 2. The van der Waals surface area contributed by atoms with Crippen molar-refractivity contribution < 1.29 is 10.2 Å².